The highest BCUT2D eigenvalue weighted by molar-refractivity contribution is 7.89. The zero-order valence-electron chi connectivity index (χ0n) is 8.60. The van der Waals surface area contributed by atoms with E-state index in [0.29, 0.717) is 6.54 Å². The Morgan fingerprint density at radius 2 is 2.40 bits per heavy atom. The molecular formula is C8H16N4O2S. The van der Waals surface area contributed by atoms with E-state index in [1.54, 1.807) is 12.4 Å². The van der Waals surface area contributed by atoms with E-state index in [1.807, 2.05) is 6.92 Å². The lowest BCUT2D eigenvalue weighted by atomic mass is 10.2. The number of hydrogen-bond donors (Lipinski definition) is 3. The fourth-order valence-corrected chi connectivity index (χ4v) is 1.68. The smallest absolute Gasteiger partial charge is 0.210 e. The van der Waals surface area contributed by atoms with Crippen LogP contribution in [0.3, 0.4) is 0 Å². The third-order valence-electron chi connectivity index (χ3n) is 2.04. The monoisotopic (exact) mass is 232 g/mol. The molecule has 0 aliphatic carbocycles. The van der Waals surface area contributed by atoms with Crippen molar-refractivity contribution in [1.82, 2.24) is 15.3 Å². The molecule has 1 unspecified atom stereocenters. The minimum Gasteiger partial charge on any atom is -0.347 e. The van der Waals surface area contributed by atoms with Gasteiger partial charge < -0.3 is 10.3 Å². The number of rotatable bonds is 6. The Bertz CT molecular complexity index is 373. The van der Waals surface area contributed by atoms with E-state index in [1.165, 1.54) is 0 Å². The average Bonchev–Trinajstić information content (AvgIpc) is 2.63. The molecule has 7 heteroatoms. The van der Waals surface area contributed by atoms with Crippen LogP contribution < -0.4 is 10.5 Å². The highest BCUT2D eigenvalue weighted by Gasteiger charge is 2.11. The number of nitrogens with one attached hydrogen (secondary N) is 2. The summed E-state index contributed by atoms with van der Waals surface area (Å²) in [5.74, 6) is 0.747. The van der Waals surface area contributed by atoms with E-state index in [0.717, 1.165) is 12.2 Å². The lowest BCUT2D eigenvalue weighted by molar-refractivity contribution is 0.511. The third kappa shape index (κ3) is 4.41. The number of H-pyrrole nitrogens is 1. The summed E-state index contributed by atoms with van der Waals surface area (Å²) in [6.07, 6.45) is 4.23. The molecule has 15 heavy (non-hydrogen) atoms. The minimum atomic E-state index is -3.39. The van der Waals surface area contributed by atoms with E-state index in [2.05, 4.69) is 15.3 Å². The Morgan fingerprint density at radius 3 is 2.87 bits per heavy atom. The highest BCUT2D eigenvalue weighted by atomic mass is 32.2. The largest absolute Gasteiger partial charge is 0.347 e. The molecule has 1 heterocycles. The van der Waals surface area contributed by atoms with Gasteiger partial charge in [0.25, 0.3) is 0 Å². The molecule has 0 spiro atoms. The van der Waals surface area contributed by atoms with Crippen molar-refractivity contribution in [2.75, 3.05) is 12.3 Å². The lowest BCUT2D eigenvalue weighted by Gasteiger charge is -2.13. The van der Waals surface area contributed by atoms with Gasteiger partial charge in [-0.05, 0) is 6.42 Å². The van der Waals surface area contributed by atoms with Crippen LogP contribution in [0, 0.1) is 0 Å². The number of primary sulfonamides is 1. The van der Waals surface area contributed by atoms with Crippen LogP contribution in [0.4, 0.5) is 0 Å². The number of aromatic amines is 1. The lowest BCUT2D eigenvalue weighted by Crippen LogP contribution is -2.30. The molecular weight excluding hydrogens is 216 g/mol. The van der Waals surface area contributed by atoms with Gasteiger partial charge in [0.2, 0.25) is 10.0 Å². The number of sulfonamides is 1. The first-order valence-electron chi connectivity index (χ1n) is 4.76. The van der Waals surface area contributed by atoms with Crippen molar-refractivity contribution >= 4 is 10.0 Å². The molecule has 4 N–H and O–H groups in total. The van der Waals surface area contributed by atoms with Crippen LogP contribution in [0.2, 0.25) is 0 Å². The van der Waals surface area contributed by atoms with Crippen molar-refractivity contribution < 1.29 is 8.42 Å². The molecule has 0 aliphatic heterocycles. The number of aromatic nitrogens is 2. The summed E-state index contributed by atoms with van der Waals surface area (Å²) in [6, 6.07) is 0.0433. The summed E-state index contributed by atoms with van der Waals surface area (Å²) in [5.41, 5.74) is 0. The van der Waals surface area contributed by atoms with Crippen LogP contribution in [0.25, 0.3) is 0 Å². The van der Waals surface area contributed by atoms with E-state index < -0.39 is 10.0 Å². The van der Waals surface area contributed by atoms with Gasteiger partial charge in [-0.2, -0.15) is 0 Å². The zero-order valence-corrected chi connectivity index (χ0v) is 9.42. The van der Waals surface area contributed by atoms with Crippen LogP contribution in [0.15, 0.2) is 12.4 Å². The Hall–Kier alpha value is -0.920. The molecule has 0 fully saturated rings. The van der Waals surface area contributed by atoms with Crippen LogP contribution >= 0.6 is 0 Å². The van der Waals surface area contributed by atoms with Gasteiger partial charge >= 0.3 is 0 Å². The standard InChI is InChI=1S/C8H16N4O2S/c1-2-7(8-11-3-4-12-8)10-5-6-15(9,13)14/h3-4,7,10H,2,5-6H2,1H3,(H,11,12)(H2,9,13,14). The molecule has 1 atom stereocenters. The van der Waals surface area contributed by atoms with Crippen molar-refractivity contribution in [3.63, 3.8) is 0 Å². The highest BCUT2D eigenvalue weighted by Crippen LogP contribution is 2.10. The third-order valence-corrected chi connectivity index (χ3v) is 2.81. The summed E-state index contributed by atoms with van der Waals surface area (Å²) in [6.45, 7) is 2.33. The molecule has 0 saturated heterocycles. The SMILES string of the molecule is CCC(NCCS(N)(=O)=O)c1ncc[nH]1. The first-order chi connectivity index (χ1) is 7.03. The van der Waals surface area contributed by atoms with E-state index in [4.69, 9.17) is 5.14 Å². The van der Waals surface area contributed by atoms with Gasteiger partial charge in [-0.1, -0.05) is 6.92 Å². The van der Waals surface area contributed by atoms with Crippen molar-refractivity contribution in [2.24, 2.45) is 5.14 Å². The van der Waals surface area contributed by atoms with Gasteiger partial charge in [0.15, 0.2) is 0 Å². The fourth-order valence-electron chi connectivity index (χ4n) is 1.28. The van der Waals surface area contributed by atoms with E-state index in [-0.39, 0.29) is 11.8 Å². The predicted molar refractivity (Wildman–Crippen MR) is 57.6 cm³/mol. The van der Waals surface area contributed by atoms with Crippen LogP contribution in [-0.2, 0) is 10.0 Å². The van der Waals surface area contributed by atoms with Crippen molar-refractivity contribution in [1.29, 1.82) is 0 Å². The summed E-state index contributed by atoms with van der Waals surface area (Å²) in [7, 11) is -3.39. The van der Waals surface area contributed by atoms with Crippen molar-refractivity contribution in [2.45, 2.75) is 19.4 Å². The zero-order chi connectivity index (χ0) is 11.3. The molecule has 0 amide bonds. The fraction of sp³-hybridized carbons (Fsp3) is 0.625. The second-order valence-electron chi connectivity index (χ2n) is 3.26. The molecule has 0 bridgehead atoms. The Kier molecular flexibility index (Phi) is 4.25. The van der Waals surface area contributed by atoms with Gasteiger partial charge in [0.1, 0.15) is 5.82 Å². The predicted octanol–water partition coefficient (Wildman–Crippen LogP) is -0.261. The second-order valence-corrected chi connectivity index (χ2v) is 4.99. The number of nitrogens with two attached hydrogens (primary N) is 1. The number of imidazole rings is 1. The average molecular weight is 232 g/mol. The van der Waals surface area contributed by atoms with Gasteiger partial charge in [0, 0.05) is 18.9 Å². The summed E-state index contributed by atoms with van der Waals surface area (Å²) >= 11 is 0. The molecule has 1 aromatic rings. The molecule has 1 aromatic heterocycles. The van der Waals surface area contributed by atoms with E-state index >= 15 is 0 Å². The topological polar surface area (TPSA) is 101 Å². The quantitative estimate of drug-likeness (QED) is 0.629. The summed E-state index contributed by atoms with van der Waals surface area (Å²) < 4.78 is 21.4. The van der Waals surface area contributed by atoms with Crippen molar-refractivity contribution in [3.8, 4) is 0 Å². The molecule has 1 rings (SSSR count). The maximum absolute atomic E-state index is 10.7. The van der Waals surface area contributed by atoms with Gasteiger partial charge in [-0.25, -0.2) is 18.5 Å². The van der Waals surface area contributed by atoms with Gasteiger partial charge in [0.05, 0.1) is 11.8 Å². The van der Waals surface area contributed by atoms with E-state index in [9.17, 15) is 8.42 Å². The molecule has 86 valence electrons. The van der Waals surface area contributed by atoms with Crippen LogP contribution in [0.5, 0.6) is 0 Å². The summed E-state index contributed by atoms with van der Waals surface area (Å²) in [4.78, 5) is 7.09. The maximum Gasteiger partial charge on any atom is 0.210 e. The molecule has 0 saturated carbocycles. The van der Waals surface area contributed by atoms with Gasteiger partial charge in [-0.15, -0.1) is 0 Å². The van der Waals surface area contributed by atoms with Crippen molar-refractivity contribution in [3.05, 3.63) is 18.2 Å². The second kappa shape index (κ2) is 5.24. The maximum atomic E-state index is 10.7. The number of nitrogens with zero attached hydrogens (tertiary/aromatic N) is 1. The Balaban J connectivity index is 2.42. The first-order valence-corrected chi connectivity index (χ1v) is 6.47. The van der Waals surface area contributed by atoms with Crippen LogP contribution in [0.1, 0.15) is 25.2 Å². The molecule has 6 nitrogen and oxygen atoms in total. The Labute approximate surface area is 89.3 Å². The molecule has 0 aromatic carbocycles. The molecule has 0 radical (unpaired) electrons. The normalized spacial score (nSPS) is 14.0. The van der Waals surface area contributed by atoms with Crippen LogP contribution in [-0.4, -0.2) is 30.7 Å². The molecule has 0 aliphatic rings. The minimum absolute atomic E-state index is 0.0433. The first kappa shape index (κ1) is 12.2. The summed E-state index contributed by atoms with van der Waals surface area (Å²) in [5, 5.41) is 7.97. The van der Waals surface area contributed by atoms with Gasteiger partial charge in [-0.3, -0.25) is 0 Å². The number of hydrogen-bond acceptors (Lipinski definition) is 4. The Morgan fingerprint density at radius 1 is 1.67 bits per heavy atom.